The lowest BCUT2D eigenvalue weighted by Gasteiger charge is -2.23. The first-order valence-corrected chi connectivity index (χ1v) is 13.3. The maximum absolute atomic E-state index is 13.4. The number of rotatable bonds is 8. The van der Waals surface area contributed by atoms with E-state index in [9.17, 15) is 19.5 Å². The molecule has 198 valence electrons. The fourth-order valence-electron chi connectivity index (χ4n) is 3.99. The van der Waals surface area contributed by atoms with Gasteiger partial charge in [0.05, 0.1) is 30.5 Å². The van der Waals surface area contributed by atoms with Crippen LogP contribution in [0.4, 0.5) is 5.13 Å². The number of aryl methyl sites for hydroxylation is 1. The molecule has 1 aliphatic heterocycles. The standard InChI is InChI=1S/C28H27ClN2O6S/c1-5-36-27(35)25-16(4)30-28(38-25)31-22(17-6-10-19(29)11-7-17)21(24(33)26(31)34)23(32)18-8-12-20(13-9-18)37-14-15(2)3/h6-13,15,22,32H,5,14H2,1-4H3/b23-21+. The molecule has 1 aliphatic rings. The van der Waals surface area contributed by atoms with Crippen LogP contribution in [-0.2, 0) is 14.3 Å². The first-order valence-electron chi connectivity index (χ1n) is 12.1. The molecule has 1 fully saturated rings. The van der Waals surface area contributed by atoms with E-state index in [1.165, 1.54) is 4.90 Å². The van der Waals surface area contributed by atoms with Crippen LogP contribution in [0.3, 0.4) is 0 Å². The number of aliphatic hydroxyl groups is 1. The second-order valence-electron chi connectivity index (χ2n) is 9.08. The highest BCUT2D eigenvalue weighted by molar-refractivity contribution is 7.17. The van der Waals surface area contributed by atoms with E-state index in [0.29, 0.717) is 40.1 Å². The lowest BCUT2D eigenvalue weighted by atomic mass is 9.95. The van der Waals surface area contributed by atoms with Gasteiger partial charge in [0.25, 0.3) is 5.78 Å². The van der Waals surface area contributed by atoms with Crippen LogP contribution in [0.2, 0.25) is 5.02 Å². The fraction of sp³-hybridized carbons (Fsp3) is 0.286. The molecule has 2 aromatic carbocycles. The molecular formula is C28H27ClN2O6S. The summed E-state index contributed by atoms with van der Waals surface area (Å²) in [5.74, 6) is -1.67. The van der Waals surface area contributed by atoms with Gasteiger partial charge in [0.15, 0.2) is 5.13 Å². The van der Waals surface area contributed by atoms with E-state index in [4.69, 9.17) is 21.1 Å². The van der Waals surface area contributed by atoms with Crippen molar-refractivity contribution in [1.82, 2.24) is 4.98 Å². The number of thiazole rings is 1. The van der Waals surface area contributed by atoms with Crippen LogP contribution in [0, 0.1) is 12.8 Å². The van der Waals surface area contributed by atoms with E-state index in [-0.39, 0.29) is 27.9 Å². The second kappa shape index (κ2) is 11.4. The molecular weight excluding hydrogens is 528 g/mol. The molecule has 1 amide bonds. The number of halogens is 1. The minimum absolute atomic E-state index is 0.0984. The molecule has 0 saturated carbocycles. The largest absolute Gasteiger partial charge is 0.507 e. The van der Waals surface area contributed by atoms with Crippen molar-refractivity contribution >= 4 is 51.5 Å². The van der Waals surface area contributed by atoms with E-state index >= 15 is 0 Å². The predicted octanol–water partition coefficient (Wildman–Crippen LogP) is 5.94. The lowest BCUT2D eigenvalue weighted by molar-refractivity contribution is -0.132. The number of ether oxygens (including phenoxy) is 2. The number of aromatic nitrogens is 1. The Labute approximate surface area is 229 Å². The van der Waals surface area contributed by atoms with Crippen LogP contribution in [0.1, 0.15) is 53.3 Å². The normalized spacial score (nSPS) is 16.8. The maximum atomic E-state index is 13.4. The number of aliphatic hydroxyl groups excluding tert-OH is 1. The molecule has 0 aliphatic carbocycles. The fourth-order valence-corrected chi connectivity index (χ4v) is 5.10. The monoisotopic (exact) mass is 554 g/mol. The second-order valence-corrected chi connectivity index (χ2v) is 10.5. The molecule has 10 heteroatoms. The average molecular weight is 555 g/mol. The molecule has 1 unspecified atom stereocenters. The third-order valence-electron chi connectivity index (χ3n) is 5.79. The minimum Gasteiger partial charge on any atom is -0.507 e. The van der Waals surface area contributed by atoms with Gasteiger partial charge in [-0.25, -0.2) is 9.78 Å². The Hall–Kier alpha value is -3.69. The van der Waals surface area contributed by atoms with E-state index < -0.39 is 23.7 Å². The van der Waals surface area contributed by atoms with Gasteiger partial charge in [-0.05, 0) is 61.7 Å². The Morgan fingerprint density at radius 2 is 1.79 bits per heavy atom. The van der Waals surface area contributed by atoms with Crippen LogP contribution < -0.4 is 9.64 Å². The summed E-state index contributed by atoms with van der Waals surface area (Å²) in [7, 11) is 0. The SMILES string of the molecule is CCOC(=O)c1sc(N2C(=O)C(=O)/C(=C(/O)c3ccc(OCC(C)C)cc3)C2c2ccc(Cl)cc2)nc1C. The van der Waals surface area contributed by atoms with Crippen LogP contribution in [-0.4, -0.2) is 41.0 Å². The van der Waals surface area contributed by atoms with E-state index in [2.05, 4.69) is 4.98 Å². The molecule has 0 spiro atoms. The summed E-state index contributed by atoms with van der Waals surface area (Å²) in [5, 5.41) is 11.9. The quantitative estimate of drug-likeness (QED) is 0.159. The van der Waals surface area contributed by atoms with Gasteiger partial charge >= 0.3 is 11.9 Å². The smallest absolute Gasteiger partial charge is 0.350 e. The summed E-state index contributed by atoms with van der Waals surface area (Å²) in [5.41, 5.74) is 1.16. The van der Waals surface area contributed by atoms with Gasteiger partial charge in [-0.3, -0.25) is 14.5 Å². The Balaban J connectivity index is 1.81. The molecule has 1 aromatic heterocycles. The first-order chi connectivity index (χ1) is 18.1. The predicted molar refractivity (Wildman–Crippen MR) is 146 cm³/mol. The number of ketones is 1. The van der Waals surface area contributed by atoms with Crippen LogP contribution in [0.15, 0.2) is 54.1 Å². The molecule has 0 radical (unpaired) electrons. The van der Waals surface area contributed by atoms with Crippen LogP contribution in [0.25, 0.3) is 5.76 Å². The third-order valence-corrected chi connectivity index (χ3v) is 7.18. The van der Waals surface area contributed by atoms with Crippen molar-refractivity contribution in [2.75, 3.05) is 18.1 Å². The van der Waals surface area contributed by atoms with Gasteiger partial charge in [-0.2, -0.15) is 0 Å². The summed E-state index contributed by atoms with van der Waals surface area (Å²) in [6, 6.07) is 12.3. The average Bonchev–Trinajstić information content (AvgIpc) is 3.40. The molecule has 8 nitrogen and oxygen atoms in total. The molecule has 1 N–H and O–H groups in total. The Bertz CT molecular complexity index is 1400. The van der Waals surface area contributed by atoms with Gasteiger partial charge in [0.1, 0.15) is 16.4 Å². The zero-order valence-corrected chi connectivity index (χ0v) is 22.9. The van der Waals surface area contributed by atoms with Crippen LogP contribution in [0.5, 0.6) is 5.75 Å². The van der Waals surface area contributed by atoms with Crippen molar-refractivity contribution in [2.24, 2.45) is 5.92 Å². The van der Waals surface area contributed by atoms with E-state index in [1.807, 2.05) is 13.8 Å². The Morgan fingerprint density at radius 1 is 1.13 bits per heavy atom. The van der Waals surface area contributed by atoms with Crippen molar-refractivity contribution in [3.8, 4) is 5.75 Å². The number of nitrogens with zero attached hydrogens (tertiary/aromatic N) is 2. The highest BCUT2D eigenvalue weighted by atomic mass is 35.5. The van der Waals surface area contributed by atoms with Gasteiger partial charge < -0.3 is 14.6 Å². The Kier molecular flexibility index (Phi) is 8.18. The number of benzene rings is 2. The number of Topliss-reactive ketones (excluding diaryl/α,β-unsaturated/α-hetero) is 1. The van der Waals surface area contributed by atoms with Crippen molar-refractivity contribution in [3.05, 3.63) is 80.8 Å². The number of esters is 1. The molecule has 4 rings (SSSR count). The summed E-state index contributed by atoms with van der Waals surface area (Å²) in [6.07, 6.45) is 0. The minimum atomic E-state index is -0.996. The third kappa shape index (κ3) is 5.44. The molecule has 3 aromatic rings. The highest BCUT2D eigenvalue weighted by Gasteiger charge is 2.48. The number of amides is 1. The van der Waals surface area contributed by atoms with E-state index in [1.54, 1.807) is 62.4 Å². The lowest BCUT2D eigenvalue weighted by Crippen LogP contribution is -2.29. The van der Waals surface area contributed by atoms with Gasteiger partial charge in [-0.15, -0.1) is 0 Å². The highest BCUT2D eigenvalue weighted by Crippen LogP contribution is 2.44. The number of anilines is 1. The molecule has 1 atom stereocenters. The summed E-state index contributed by atoms with van der Waals surface area (Å²) in [6.45, 7) is 8.11. The summed E-state index contributed by atoms with van der Waals surface area (Å²) in [4.78, 5) is 45.0. The van der Waals surface area contributed by atoms with Crippen molar-refractivity contribution in [2.45, 2.75) is 33.7 Å². The van der Waals surface area contributed by atoms with Crippen molar-refractivity contribution < 1.29 is 29.0 Å². The summed E-state index contributed by atoms with van der Waals surface area (Å²) >= 11 is 7.04. The molecule has 2 heterocycles. The van der Waals surface area contributed by atoms with E-state index in [0.717, 1.165) is 11.3 Å². The number of hydrogen-bond donors (Lipinski definition) is 1. The molecule has 0 bridgehead atoms. The first kappa shape index (κ1) is 27.3. The van der Waals surface area contributed by atoms with Crippen LogP contribution >= 0.6 is 22.9 Å². The molecule has 38 heavy (non-hydrogen) atoms. The zero-order chi connectivity index (χ0) is 27.6. The Morgan fingerprint density at radius 3 is 2.39 bits per heavy atom. The maximum Gasteiger partial charge on any atom is 0.350 e. The number of hydrogen-bond acceptors (Lipinski definition) is 8. The van der Waals surface area contributed by atoms with Gasteiger partial charge in [-0.1, -0.05) is 48.9 Å². The number of carbonyl (C=O) groups excluding carboxylic acids is 3. The topological polar surface area (TPSA) is 106 Å². The van der Waals surface area contributed by atoms with Gasteiger partial charge in [0, 0.05) is 10.6 Å². The summed E-state index contributed by atoms with van der Waals surface area (Å²) < 4.78 is 10.8. The van der Waals surface area contributed by atoms with Crippen molar-refractivity contribution in [3.63, 3.8) is 0 Å². The van der Waals surface area contributed by atoms with Crippen molar-refractivity contribution in [1.29, 1.82) is 0 Å². The van der Waals surface area contributed by atoms with Gasteiger partial charge in [0.2, 0.25) is 0 Å². The molecule has 1 saturated heterocycles. The zero-order valence-electron chi connectivity index (χ0n) is 21.4. The number of carbonyl (C=O) groups is 3.